The van der Waals surface area contributed by atoms with Crippen LogP contribution in [0.3, 0.4) is 0 Å². The van der Waals surface area contributed by atoms with Crippen LogP contribution in [0.1, 0.15) is 35.5 Å². The van der Waals surface area contributed by atoms with E-state index in [0.29, 0.717) is 28.4 Å². The molecule has 3 rings (SSSR count). The van der Waals surface area contributed by atoms with Gasteiger partial charge in [0.1, 0.15) is 5.75 Å². The molecular formula is C24H25N3O4S2. The summed E-state index contributed by atoms with van der Waals surface area (Å²) in [5.41, 5.74) is 3.52. The third-order valence-corrected chi connectivity index (χ3v) is 6.75. The molecule has 0 atom stereocenters. The molecule has 9 heteroatoms. The van der Waals surface area contributed by atoms with Crippen molar-refractivity contribution >= 4 is 52.1 Å². The third-order valence-electron chi connectivity index (χ3n) is 4.68. The Morgan fingerprint density at radius 2 is 1.85 bits per heavy atom. The maximum absolute atomic E-state index is 12.5. The molecule has 0 aliphatic carbocycles. The number of hydrogen-bond acceptors (Lipinski definition) is 7. The molecule has 1 heterocycles. The van der Waals surface area contributed by atoms with Gasteiger partial charge in [0.05, 0.1) is 30.7 Å². The third kappa shape index (κ3) is 7.16. The highest BCUT2D eigenvalue weighted by atomic mass is 32.2. The fraction of sp³-hybridized carbons (Fsp3) is 0.250. The monoisotopic (exact) mass is 483 g/mol. The van der Waals surface area contributed by atoms with Crippen LogP contribution in [0, 0.1) is 0 Å². The Morgan fingerprint density at radius 3 is 2.52 bits per heavy atom. The van der Waals surface area contributed by atoms with Crippen molar-refractivity contribution in [3.8, 4) is 5.75 Å². The summed E-state index contributed by atoms with van der Waals surface area (Å²) in [6, 6.07) is 12.7. The van der Waals surface area contributed by atoms with Gasteiger partial charge in [-0.1, -0.05) is 43.0 Å². The summed E-state index contributed by atoms with van der Waals surface area (Å²) in [5, 5.41) is 7.29. The number of Topliss-reactive ketones (excluding diaryl/α,β-unsaturated/α-hetero) is 1. The molecule has 0 saturated carbocycles. The van der Waals surface area contributed by atoms with Crippen molar-refractivity contribution in [2.24, 2.45) is 0 Å². The minimum Gasteiger partial charge on any atom is -0.495 e. The lowest BCUT2D eigenvalue weighted by atomic mass is 10.1. The van der Waals surface area contributed by atoms with Crippen LogP contribution in [0.15, 0.2) is 52.2 Å². The number of ether oxygens (including phenoxy) is 1. The van der Waals surface area contributed by atoms with Crippen molar-refractivity contribution < 1.29 is 19.1 Å². The summed E-state index contributed by atoms with van der Waals surface area (Å²) in [6.07, 6.45) is 1.02. The fourth-order valence-electron chi connectivity index (χ4n) is 3.02. The first-order valence-corrected chi connectivity index (χ1v) is 12.2. The van der Waals surface area contributed by atoms with Crippen LogP contribution >= 0.6 is 23.1 Å². The number of thioether (sulfide) groups is 1. The maximum Gasteiger partial charge on any atom is 0.230 e. The number of ketones is 1. The molecule has 7 nitrogen and oxygen atoms in total. The molecule has 0 saturated heterocycles. The number of hydrogen-bond donors (Lipinski definition) is 2. The van der Waals surface area contributed by atoms with Gasteiger partial charge in [0.2, 0.25) is 11.8 Å². The van der Waals surface area contributed by atoms with Gasteiger partial charge < -0.3 is 15.4 Å². The molecule has 0 bridgehead atoms. The Bertz CT molecular complexity index is 1140. The average molecular weight is 484 g/mol. The summed E-state index contributed by atoms with van der Waals surface area (Å²) >= 11 is 2.77. The summed E-state index contributed by atoms with van der Waals surface area (Å²) in [5.74, 6) is 0.349. The highest BCUT2D eigenvalue weighted by Crippen LogP contribution is 2.28. The lowest BCUT2D eigenvalue weighted by Crippen LogP contribution is -2.15. The molecule has 33 heavy (non-hydrogen) atoms. The molecule has 2 aromatic carbocycles. The van der Waals surface area contributed by atoms with Crippen molar-refractivity contribution in [2.75, 3.05) is 23.5 Å². The molecule has 0 fully saturated rings. The van der Waals surface area contributed by atoms with Crippen LogP contribution in [0.4, 0.5) is 11.4 Å². The van der Waals surface area contributed by atoms with Gasteiger partial charge in [0.25, 0.3) is 0 Å². The number of carbonyl (C=O) groups excluding carboxylic acids is 3. The maximum atomic E-state index is 12.5. The number of carbonyl (C=O) groups is 3. The van der Waals surface area contributed by atoms with E-state index in [2.05, 4.69) is 22.5 Å². The Hall–Kier alpha value is -3.17. The summed E-state index contributed by atoms with van der Waals surface area (Å²) in [6.45, 7) is 3.49. The van der Waals surface area contributed by atoms with Gasteiger partial charge in [-0.05, 0) is 30.2 Å². The number of nitrogens with zero attached hydrogens (tertiary/aromatic N) is 1. The molecule has 0 unspecified atom stereocenters. The normalized spacial score (nSPS) is 10.5. The van der Waals surface area contributed by atoms with Crippen LogP contribution in [-0.4, -0.2) is 35.4 Å². The standard InChI is InChI=1S/C24H25N3O4S2/c1-4-16-5-7-17(8-6-16)21(29)14-33-24-26-19(13-32-24)12-23(30)27-20-11-18(25-15(2)28)9-10-22(20)31-3/h5-11,13H,4,12,14H2,1-3H3,(H,25,28)(H,27,30). The molecule has 172 valence electrons. The Labute approximate surface area is 201 Å². The average Bonchev–Trinajstić information content (AvgIpc) is 3.24. The van der Waals surface area contributed by atoms with Crippen LogP contribution in [-0.2, 0) is 22.4 Å². The van der Waals surface area contributed by atoms with E-state index < -0.39 is 0 Å². The zero-order chi connectivity index (χ0) is 23.8. The van der Waals surface area contributed by atoms with Crippen molar-refractivity contribution in [1.82, 2.24) is 4.98 Å². The first-order chi connectivity index (χ1) is 15.9. The molecule has 0 aliphatic heterocycles. The van der Waals surface area contributed by atoms with E-state index in [4.69, 9.17) is 4.74 Å². The molecule has 0 spiro atoms. The zero-order valence-electron chi connectivity index (χ0n) is 18.6. The lowest BCUT2D eigenvalue weighted by molar-refractivity contribution is -0.116. The van der Waals surface area contributed by atoms with Gasteiger partial charge >= 0.3 is 0 Å². The topological polar surface area (TPSA) is 97.4 Å². The first-order valence-electron chi connectivity index (χ1n) is 10.3. The van der Waals surface area contributed by atoms with Crippen molar-refractivity contribution in [1.29, 1.82) is 0 Å². The SMILES string of the molecule is CCc1ccc(C(=O)CSc2nc(CC(=O)Nc3cc(NC(C)=O)ccc3OC)cs2)cc1. The molecule has 3 aromatic rings. The molecule has 2 amide bonds. The van der Waals surface area contributed by atoms with Gasteiger partial charge in [-0.15, -0.1) is 11.3 Å². The molecule has 0 radical (unpaired) electrons. The molecule has 0 aliphatic rings. The van der Waals surface area contributed by atoms with Crippen LogP contribution in [0.25, 0.3) is 0 Å². The lowest BCUT2D eigenvalue weighted by Gasteiger charge is -2.12. The van der Waals surface area contributed by atoms with Gasteiger partial charge in [-0.2, -0.15) is 0 Å². The summed E-state index contributed by atoms with van der Waals surface area (Å²) in [4.78, 5) is 40.7. The van der Waals surface area contributed by atoms with Gasteiger partial charge in [-0.25, -0.2) is 4.98 Å². The largest absolute Gasteiger partial charge is 0.495 e. The van der Waals surface area contributed by atoms with Crippen molar-refractivity contribution in [3.63, 3.8) is 0 Å². The van der Waals surface area contributed by atoms with Gasteiger partial charge in [0.15, 0.2) is 10.1 Å². The second kappa shape index (κ2) is 11.6. The Morgan fingerprint density at radius 1 is 1.09 bits per heavy atom. The second-order valence-electron chi connectivity index (χ2n) is 7.19. The molecular weight excluding hydrogens is 458 g/mol. The number of thiazole rings is 1. The van der Waals surface area contributed by atoms with Gasteiger partial charge in [0, 0.05) is 23.6 Å². The van der Waals surface area contributed by atoms with Crippen LogP contribution < -0.4 is 15.4 Å². The quantitative estimate of drug-likeness (QED) is 0.317. The second-order valence-corrected chi connectivity index (χ2v) is 9.27. The highest BCUT2D eigenvalue weighted by Gasteiger charge is 2.13. The Kier molecular flexibility index (Phi) is 8.62. The highest BCUT2D eigenvalue weighted by molar-refractivity contribution is 8.01. The minimum absolute atomic E-state index is 0.0447. The number of anilines is 2. The number of aromatic nitrogens is 1. The number of nitrogens with one attached hydrogen (secondary N) is 2. The van der Waals surface area contributed by atoms with E-state index in [0.717, 1.165) is 10.8 Å². The van der Waals surface area contributed by atoms with E-state index >= 15 is 0 Å². The van der Waals surface area contributed by atoms with Crippen molar-refractivity contribution in [3.05, 3.63) is 64.7 Å². The zero-order valence-corrected chi connectivity index (χ0v) is 20.3. The fourth-order valence-corrected chi connectivity index (χ4v) is 4.76. The number of rotatable bonds is 10. The van der Waals surface area contributed by atoms with Gasteiger partial charge in [-0.3, -0.25) is 14.4 Å². The van der Waals surface area contributed by atoms with Crippen LogP contribution in [0.5, 0.6) is 5.75 Å². The number of methoxy groups -OCH3 is 1. The number of aryl methyl sites for hydroxylation is 1. The number of amides is 2. The minimum atomic E-state index is -0.262. The van der Waals surface area contributed by atoms with Crippen molar-refractivity contribution in [2.45, 2.75) is 31.0 Å². The predicted molar refractivity (Wildman–Crippen MR) is 133 cm³/mol. The summed E-state index contributed by atoms with van der Waals surface area (Å²) in [7, 11) is 1.51. The molecule has 1 aromatic heterocycles. The van der Waals surface area contributed by atoms with E-state index in [9.17, 15) is 14.4 Å². The van der Waals surface area contributed by atoms with E-state index in [1.165, 1.54) is 42.7 Å². The number of benzene rings is 2. The first kappa shape index (κ1) is 24.5. The summed E-state index contributed by atoms with van der Waals surface area (Å²) < 4.78 is 6.03. The van der Waals surface area contributed by atoms with E-state index in [-0.39, 0.29) is 29.8 Å². The predicted octanol–water partition coefficient (Wildman–Crippen LogP) is 4.83. The molecule has 2 N–H and O–H groups in total. The Balaban J connectivity index is 1.56. The smallest absolute Gasteiger partial charge is 0.230 e. The van der Waals surface area contributed by atoms with E-state index in [1.54, 1.807) is 18.2 Å². The van der Waals surface area contributed by atoms with E-state index in [1.807, 2.05) is 29.6 Å². The van der Waals surface area contributed by atoms with Crippen LogP contribution in [0.2, 0.25) is 0 Å².